The molecule has 0 spiro atoms. The predicted molar refractivity (Wildman–Crippen MR) is 91.4 cm³/mol. The van der Waals surface area contributed by atoms with E-state index in [2.05, 4.69) is 5.32 Å². The fraction of sp³-hybridized carbons (Fsp3) is 0.556. The summed E-state index contributed by atoms with van der Waals surface area (Å²) in [6.07, 6.45) is 0.838. The minimum Gasteiger partial charge on any atom is -0.339 e. The molecule has 1 N–H and O–H groups in total. The van der Waals surface area contributed by atoms with Crippen molar-refractivity contribution in [1.82, 2.24) is 15.1 Å². The SMILES string of the molecule is CNCCc1ccccc1C(=O)N1CCN(C(=O)C(C)C)CC1. The fourth-order valence-corrected chi connectivity index (χ4v) is 2.87. The highest BCUT2D eigenvalue weighted by molar-refractivity contribution is 5.96. The largest absolute Gasteiger partial charge is 0.339 e. The first-order chi connectivity index (χ1) is 11.0. The summed E-state index contributed by atoms with van der Waals surface area (Å²) < 4.78 is 0. The summed E-state index contributed by atoms with van der Waals surface area (Å²) in [5, 5.41) is 3.12. The molecule has 2 amide bonds. The van der Waals surface area contributed by atoms with Gasteiger partial charge in [0.1, 0.15) is 0 Å². The third-order valence-corrected chi connectivity index (χ3v) is 4.26. The minimum absolute atomic E-state index is 0.0134. The first-order valence-corrected chi connectivity index (χ1v) is 8.35. The number of carbonyl (C=O) groups is 2. The summed E-state index contributed by atoms with van der Waals surface area (Å²) >= 11 is 0. The molecule has 1 saturated heterocycles. The van der Waals surface area contributed by atoms with Gasteiger partial charge in [-0.3, -0.25) is 9.59 Å². The van der Waals surface area contributed by atoms with Crippen LogP contribution >= 0.6 is 0 Å². The van der Waals surface area contributed by atoms with Crippen LogP contribution in [0, 0.1) is 5.92 Å². The Morgan fingerprint density at radius 2 is 1.70 bits per heavy atom. The third-order valence-electron chi connectivity index (χ3n) is 4.26. The normalized spacial score (nSPS) is 15.1. The molecule has 0 saturated carbocycles. The van der Waals surface area contributed by atoms with Gasteiger partial charge in [-0.2, -0.15) is 0 Å². The lowest BCUT2D eigenvalue weighted by molar-refractivity contribution is -0.135. The van der Waals surface area contributed by atoms with Crippen LogP contribution in [0.5, 0.6) is 0 Å². The Kier molecular flexibility index (Phi) is 6.16. The predicted octanol–water partition coefficient (Wildman–Crippen LogP) is 1.39. The van der Waals surface area contributed by atoms with Crippen molar-refractivity contribution in [3.05, 3.63) is 35.4 Å². The Labute approximate surface area is 138 Å². The van der Waals surface area contributed by atoms with Crippen LogP contribution in [0.4, 0.5) is 0 Å². The van der Waals surface area contributed by atoms with E-state index in [-0.39, 0.29) is 17.7 Å². The molecule has 2 rings (SSSR count). The second-order valence-corrected chi connectivity index (χ2v) is 6.28. The van der Waals surface area contributed by atoms with E-state index in [0.717, 1.165) is 24.1 Å². The summed E-state index contributed by atoms with van der Waals surface area (Å²) in [5.74, 6) is 0.263. The number of benzene rings is 1. The zero-order valence-electron chi connectivity index (χ0n) is 14.3. The molecule has 1 heterocycles. The van der Waals surface area contributed by atoms with Gasteiger partial charge in [0, 0.05) is 37.7 Å². The number of hydrogen-bond donors (Lipinski definition) is 1. The monoisotopic (exact) mass is 317 g/mol. The molecule has 23 heavy (non-hydrogen) atoms. The van der Waals surface area contributed by atoms with Crippen molar-refractivity contribution in [1.29, 1.82) is 0 Å². The molecule has 1 aromatic rings. The van der Waals surface area contributed by atoms with Crippen molar-refractivity contribution >= 4 is 11.8 Å². The van der Waals surface area contributed by atoms with Crippen LogP contribution in [0.3, 0.4) is 0 Å². The lowest BCUT2D eigenvalue weighted by atomic mass is 10.0. The molecule has 0 aromatic heterocycles. The molecule has 1 aliphatic rings. The quantitative estimate of drug-likeness (QED) is 0.893. The fourth-order valence-electron chi connectivity index (χ4n) is 2.87. The number of nitrogens with zero attached hydrogens (tertiary/aromatic N) is 2. The van der Waals surface area contributed by atoms with Gasteiger partial charge in [-0.25, -0.2) is 0 Å². The Balaban J connectivity index is 2.01. The average Bonchev–Trinajstić information content (AvgIpc) is 2.59. The molecule has 5 nitrogen and oxygen atoms in total. The number of rotatable bonds is 5. The number of nitrogens with one attached hydrogen (secondary N) is 1. The van der Waals surface area contributed by atoms with Crippen molar-refractivity contribution in [2.24, 2.45) is 5.92 Å². The van der Waals surface area contributed by atoms with E-state index in [1.54, 1.807) is 0 Å². The van der Waals surface area contributed by atoms with E-state index in [1.807, 2.05) is 55.0 Å². The second kappa shape index (κ2) is 8.11. The lowest BCUT2D eigenvalue weighted by Crippen LogP contribution is -2.51. The Bertz CT molecular complexity index is 549. The number of hydrogen-bond acceptors (Lipinski definition) is 3. The number of piperazine rings is 1. The van der Waals surface area contributed by atoms with Crippen molar-refractivity contribution in [3.63, 3.8) is 0 Å². The van der Waals surface area contributed by atoms with Crippen molar-refractivity contribution in [2.45, 2.75) is 20.3 Å². The van der Waals surface area contributed by atoms with E-state index < -0.39 is 0 Å². The van der Waals surface area contributed by atoms with Crippen molar-refractivity contribution in [2.75, 3.05) is 39.8 Å². The number of likely N-dealkylation sites (N-methyl/N-ethyl adjacent to an activating group) is 1. The van der Waals surface area contributed by atoms with Crippen LogP contribution in [0.1, 0.15) is 29.8 Å². The van der Waals surface area contributed by atoms with E-state index >= 15 is 0 Å². The lowest BCUT2D eigenvalue weighted by Gasteiger charge is -2.36. The van der Waals surface area contributed by atoms with Gasteiger partial charge in [-0.1, -0.05) is 32.0 Å². The van der Waals surface area contributed by atoms with Gasteiger partial charge in [0.25, 0.3) is 5.91 Å². The average molecular weight is 317 g/mol. The molecule has 126 valence electrons. The minimum atomic E-state index is 0.0134. The highest BCUT2D eigenvalue weighted by Crippen LogP contribution is 2.15. The highest BCUT2D eigenvalue weighted by atomic mass is 16.2. The number of amides is 2. The van der Waals surface area contributed by atoms with Crippen LogP contribution in [0.2, 0.25) is 0 Å². The van der Waals surface area contributed by atoms with Crippen LogP contribution < -0.4 is 5.32 Å². The van der Waals surface area contributed by atoms with Crippen LogP contribution in [-0.2, 0) is 11.2 Å². The summed E-state index contributed by atoms with van der Waals surface area (Å²) in [7, 11) is 1.91. The second-order valence-electron chi connectivity index (χ2n) is 6.28. The van der Waals surface area contributed by atoms with E-state index in [1.165, 1.54) is 0 Å². The molecule has 0 unspecified atom stereocenters. The maximum atomic E-state index is 12.8. The third kappa shape index (κ3) is 4.32. The summed E-state index contributed by atoms with van der Waals surface area (Å²) in [4.78, 5) is 28.6. The smallest absolute Gasteiger partial charge is 0.254 e. The first-order valence-electron chi connectivity index (χ1n) is 8.35. The van der Waals surface area contributed by atoms with Gasteiger partial charge in [0.05, 0.1) is 0 Å². The maximum Gasteiger partial charge on any atom is 0.254 e. The molecule has 1 aromatic carbocycles. The molecule has 0 atom stereocenters. The van der Waals surface area contributed by atoms with Crippen molar-refractivity contribution in [3.8, 4) is 0 Å². The molecular formula is C18H27N3O2. The molecule has 0 radical (unpaired) electrons. The van der Waals surface area contributed by atoms with E-state index in [9.17, 15) is 9.59 Å². The molecule has 0 aliphatic carbocycles. The van der Waals surface area contributed by atoms with Crippen LogP contribution in [0.15, 0.2) is 24.3 Å². The highest BCUT2D eigenvalue weighted by Gasteiger charge is 2.26. The topological polar surface area (TPSA) is 52.7 Å². The summed E-state index contributed by atoms with van der Waals surface area (Å²) in [6.45, 7) is 7.15. The summed E-state index contributed by atoms with van der Waals surface area (Å²) in [5.41, 5.74) is 1.86. The zero-order valence-corrected chi connectivity index (χ0v) is 14.3. The molecule has 5 heteroatoms. The van der Waals surface area contributed by atoms with Gasteiger partial charge in [0.15, 0.2) is 0 Å². The summed E-state index contributed by atoms with van der Waals surface area (Å²) in [6, 6.07) is 7.80. The van der Waals surface area contributed by atoms with E-state index in [4.69, 9.17) is 0 Å². The van der Waals surface area contributed by atoms with Gasteiger partial charge in [-0.05, 0) is 31.6 Å². The first kappa shape index (κ1) is 17.5. The molecule has 1 fully saturated rings. The Morgan fingerprint density at radius 1 is 1.09 bits per heavy atom. The van der Waals surface area contributed by atoms with Gasteiger partial charge in [0.2, 0.25) is 5.91 Å². The van der Waals surface area contributed by atoms with Crippen molar-refractivity contribution < 1.29 is 9.59 Å². The number of carbonyl (C=O) groups excluding carboxylic acids is 2. The maximum absolute atomic E-state index is 12.8. The van der Waals surface area contributed by atoms with Gasteiger partial charge >= 0.3 is 0 Å². The van der Waals surface area contributed by atoms with Gasteiger partial charge < -0.3 is 15.1 Å². The van der Waals surface area contributed by atoms with Crippen LogP contribution in [0.25, 0.3) is 0 Å². The Morgan fingerprint density at radius 3 is 2.30 bits per heavy atom. The van der Waals surface area contributed by atoms with Crippen LogP contribution in [-0.4, -0.2) is 61.4 Å². The zero-order chi connectivity index (χ0) is 16.8. The molecule has 1 aliphatic heterocycles. The standard InChI is InChI=1S/C18H27N3O2/c1-14(2)17(22)20-10-12-21(13-11-20)18(23)16-7-5-4-6-15(16)8-9-19-3/h4-7,14,19H,8-13H2,1-3H3. The molecule has 0 bridgehead atoms. The molecular weight excluding hydrogens is 290 g/mol. The van der Waals surface area contributed by atoms with Gasteiger partial charge in [-0.15, -0.1) is 0 Å². The Hall–Kier alpha value is -1.88. The van der Waals surface area contributed by atoms with E-state index in [0.29, 0.717) is 26.2 Å².